The fraction of sp³-hybridized carbons (Fsp3) is 0. The van der Waals surface area contributed by atoms with Gasteiger partial charge in [0.25, 0.3) is 0 Å². The van der Waals surface area contributed by atoms with Crippen LogP contribution in [-0.2, 0) is 0 Å². The zero-order valence-corrected chi connectivity index (χ0v) is 10.6. The van der Waals surface area contributed by atoms with Crippen LogP contribution in [0, 0.1) is 0 Å². The maximum atomic E-state index is 11.1. The number of anilines is 2. The van der Waals surface area contributed by atoms with E-state index in [2.05, 4.69) is 15.3 Å². The van der Waals surface area contributed by atoms with Gasteiger partial charge in [-0.25, -0.2) is 9.97 Å². The van der Waals surface area contributed by atoms with Gasteiger partial charge in [0, 0.05) is 17.4 Å². The number of aromatic nitrogens is 2. The molecule has 0 fully saturated rings. The van der Waals surface area contributed by atoms with Crippen LogP contribution in [0.5, 0.6) is 0 Å². The molecule has 0 aliphatic heterocycles. The smallest absolute Gasteiger partial charge is 0.248 e. The molecular weight excluding hydrogens is 262 g/mol. The van der Waals surface area contributed by atoms with Gasteiger partial charge in [-0.1, -0.05) is 18.3 Å². The van der Waals surface area contributed by atoms with E-state index >= 15 is 0 Å². The summed E-state index contributed by atoms with van der Waals surface area (Å²) in [7, 11) is 0. The van der Waals surface area contributed by atoms with Gasteiger partial charge in [-0.3, -0.25) is 4.79 Å². The van der Waals surface area contributed by atoms with Crippen molar-refractivity contribution in [2.75, 3.05) is 5.32 Å². The summed E-state index contributed by atoms with van der Waals surface area (Å²) in [6.45, 7) is 0. The van der Waals surface area contributed by atoms with Crippen LogP contribution in [0.1, 0.15) is 16.1 Å². The summed E-state index contributed by atoms with van der Waals surface area (Å²) >= 11 is 4.84. The molecule has 1 amide bonds. The van der Waals surface area contributed by atoms with Crippen LogP contribution in [0.4, 0.5) is 11.6 Å². The third-order valence-corrected chi connectivity index (χ3v) is 2.52. The first-order valence-electron chi connectivity index (χ1n) is 5.36. The van der Waals surface area contributed by atoms with Gasteiger partial charge < -0.3 is 16.8 Å². The average molecular weight is 273 g/mol. The Kier molecular flexibility index (Phi) is 3.67. The first kappa shape index (κ1) is 12.9. The second-order valence-corrected chi connectivity index (χ2v) is 4.14. The summed E-state index contributed by atoms with van der Waals surface area (Å²) in [5.41, 5.74) is 12.2. The highest BCUT2D eigenvalue weighted by Crippen LogP contribution is 2.14. The number of primary amides is 1. The Morgan fingerprint density at radius 2 is 2.05 bits per heavy atom. The van der Waals surface area contributed by atoms with Gasteiger partial charge in [0.1, 0.15) is 10.7 Å². The Morgan fingerprint density at radius 1 is 1.26 bits per heavy atom. The lowest BCUT2D eigenvalue weighted by atomic mass is 10.2. The molecule has 0 saturated carbocycles. The van der Waals surface area contributed by atoms with Gasteiger partial charge in [-0.15, -0.1) is 0 Å². The van der Waals surface area contributed by atoms with E-state index in [1.807, 2.05) is 0 Å². The molecule has 0 unspecified atom stereocenters. The number of nitrogens with zero attached hydrogens (tertiary/aromatic N) is 2. The van der Waals surface area contributed by atoms with Crippen LogP contribution in [-0.4, -0.2) is 20.9 Å². The third-order valence-electron chi connectivity index (χ3n) is 2.31. The van der Waals surface area contributed by atoms with Crippen molar-refractivity contribution < 1.29 is 4.79 Å². The van der Waals surface area contributed by atoms with Crippen LogP contribution in [0.2, 0.25) is 0 Å². The Hall–Kier alpha value is -2.54. The van der Waals surface area contributed by atoms with Crippen molar-refractivity contribution in [3.63, 3.8) is 0 Å². The van der Waals surface area contributed by atoms with Crippen LogP contribution < -0.4 is 16.8 Å². The minimum absolute atomic E-state index is 0.191. The van der Waals surface area contributed by atoms with E-state index in [0.717, 1.165) is 0 Å². The van der Waals surface area contributed by atoms with Crippen molar-refractivity contribution in [3.8, 4) is 0 Å². The molecule has 0 spiro atoms. The highest BCUT2D eigenvalue weighted by molar-refractivity contribution is 7.80. The fourth-order valence-electron chi connectivity index (χ4n) is 1.44. The van der Waals surface area contributed by atoms with E-state index in [-0.39, 0.29) is 4.99 Å². The maximum absolute atomic E-state index is 11.1. The number of thiocarbonyl (C=S) groups is 1. The second kappa shape index (κ2) is 5.40. The van der Waals surface area contributed by atoms with Crippen molar-refractivity contribution in [1.82, 2.24) is 9.97 Å². The molecule has 0 aliphatic carbocycles. The van der Waals surface area contributed by atoms with Crippen LogP contribution in [0.15, 0.2) is 36.5 Å². The number of benzene rings is 1. The Morgan fingerprint density at radius 3 is 2.74 bits per heavy atom. The topological polar surface area (TPSA) is 107 Å². The van der Waals surface area contributed by atoms with Gasteiger partial charge in [-0.2, -0.15) is 0 Å². The largest absolute Gasteiger partial charge is 0.388 e. The number of hydrogen-bond acceptors (Lipinski definition) is 5. The minimum atomic E-state index is -0.499. The molecule has 1 heterocycles. The second-order valence-electron chi connectivity index (χ2n) is 3.70. The van der Waals surface area contributed by atoms with E-state index in [9.17, 15) is 4.79 Å². The fourth-order valence-corrected chi connectivity index (χ4v) is 1.55. The van der Waals surface area contributed by atoms with Crippen LogP contribution in [0.25, 0.3) is 0 Å². The lowest BCUT2D eigenvalue weighted by Gasteiger charge is -2.06. The number of hydrogen-bond donors (Lipinski definition) is 3. The molecule has 0 atom stereocenters. The molecule has 7 heteroatoms. The lowest BCUT2D eigenvalue weighted by molar-refractivity contribution is 0.100. The Balaban J connectivity index is 2.26. The average Bonchev–Trinajstić information content (AvgIpc) is 2.39. The van der Waals surface area contributed by atoms with E-state index in [0.29, 0.717) is 22.9 Å². The van der Waals surface area contributed by atoms with E-state index in [1.165, 1.54) is 0 Å². The standard InChI is InChI=1S/C12H11N5OS/c13-10(18)7-2-1-3-8(6-7)16-12-15-5-4-9(17-12)11(14)19/h1-6H,(H2,13,18)(H2,14,19)(H,15,16,17). The summed E-state index contributed by atoms with van der Waals surface area (Å²) in [5, 5.41) is 2.95. The first-order valence-corrected chi connectivity index (χ1v) is 5.77. The summed E-state index contributed by atoms with van der Waals surface area (Å²) < 4.78 is 0. The number of rotatable bonds is 4. The summed E-state index contributed by atoms with van der Waals surface area (Å²) in [5.74, 6) is -0.159. The minimum Gasteiger partial charge on any atom is -0.388 e. The highest BCUT2D eigenvalue weighted by Gasteiger charge is 2.04. The molecule has 1 aromatic heterocycles. The number of amides is 1. The monoisotopic (exact) mass is 273 g/mol. The molecule has 6 nitrogen and oxygen atoms in total. The molecule has 2 rings (SSSR count). The molecule has 0 saturated heterocycles. The van der Waals surface area contributed by atoms with E-state index < -0.39 is 5.91 Å². The maximum Gasteiger partial charge on any atom is 0.248 e. The molecule has 5 N–H and O–H groups in total. The van der Waals surface area contributed by atoms with Crippen molar-refractivity contribution >= 4 is 34.7 Å². The molecule has 0 radical (unpaired) electrons. The molecular formula is C12H11N5OS. The first-order chi connectivity index (χ1) is 9.06. The molecule has 0 aliphatic rings. The summed E-state index contributed by atoms with van der Waals surface area (Å²) in [4.78, 5) is 19.4. The zero-order chi connectivity index (χ0) is 13.8. The Bertz CT molecular complexity index is 588. The molecule has 2 aromatic rings. The lowest BCUT2D eigenvalue weighted by Crippen LogP contribution is -2.13. The van der Waals surface area contributed by atoms with Crippen molar-refractivity contribution in [2.45, 2.75) is 0 Å². The summed E-state index contributed by atoms with van der Waals surface area (Å²) in [6, 6.07) is 8.33. The molecule has 1 aromatic carbocycles. The normalized spacial score (nSPS) is 9.89. The highest BCUT2D eigenvalue weighted by atomic mass is 32.1. The van der Waals surface area contributed by atoms with Gasteiger partial charge in [-0.05, 0) is 24.3 Å². The molecule has 96 valence electrons. The number of carbonyl (C=O) groups excluding carboxylic acids is 1. The molecule has 19 heavy (non-hydrogen) atoms. The van der Waals surface area contributed by atoms with Gasteiger partial charge in [0.15, 0.2) is 0 Å². The van der Waals surface area contributed by atoms with Gasteiger partial charge in [0.05, 0.1) is 0 Å². The Labute approximate surface area is 114 Å². The SMILES string of the molecule is NC(=O)c1cccc(Nc2nccc(C(N)=S)n2)c1. The number of carbonyl (C=O) groups is 1. The van der Waals surface area contributed by atoms with E-state index in [1.54, 1.807) is 36.5 Å². The molecule has 0 bridgehead atoms. The van der Waals surface area contributed by atoms with E-state index in [4.69, 9.17) is 23.7 Å². The number of nitrogens with one attached hydrogen (secondary N) is 1. The van der Waals surface area contributed by atoms with Crippen LogP contribution >= 0.6 is 12.2 Å². The van der Waals surface area contributed by atoms with Crippen molar-refractivity contribution in [2.24, 2.45) is 11.5 Å². The van der Waals surface area contributed by atoms with Crippen molar-refractivity contribution in [3.05, 3.63) is 47.8 Å². The summed E-state index contributed by atoms with van der Waals surface area (Å²) in [6.07, 6.45) is 1.54. The van der Waals surface area contributed by atoms with Gasteiger partial charge in [0.2, 0.25) is 11.9 Å². The van der Waals surface area contributed by atoms with Gasteiger partial charge >= 0.3 is 0 Å². The van der Waals surface area contributed by atoms with Crippen LogP contribution in [0.3, 0.4) is 0 Å². The quantitative estimate of drug-likeness (QED) is 0.716. The number of nitrogens with two attached hydrogens (primary N) is 2. The third kappa shape index (κ3) is 3.23. The predicted octanol–water partition coefficient (Wildman–Crippen LogP) is 0.953. The zero-order valence-electron chi connectivity index (χ0n) is 9.83. The van der Waals surface area contributed by atoms with Crippen molar-refractivity contribution in [1.29, 1.82) is 0 Å². The predicted molar refractivity (Wildman–Crippen MR) is 76.2 cm³/mol.